The number of rotatable bonds is 7. The Morgan fingerprint density at radius 3 is 2.50 bits per heavy atom. The maximum absolute atomic E-state index is 5.40. The molecule has 1 N–H and O–H groups in total. The molecule has 0 saturated carbocycles. The normalized spacial score (nSPS) is 13.9. The van der Waals surface area contributed by atoms with Crippen LogP contribution in [-0.4, -0.2) is 13.2 Å². The smallest absolute Gasteiger partial charge is 0.118 e. The number of hydrogen-bond donors (Lipinski definition) is 1. The summed E-state index contributed by atoms with van der Waals surface area (Å²) >= 11 is 0. The van der Waals surface area contributed by atoms with Gasteiger partial charge in [-0.05, 0) is 43.2 Å². The molecular weight excluding hydrogens is 250 g/mol. The molecule has 0 aliphatic carbocycles. The minimum absolute atomic E-state index is 0.353. The van der Waals surface area contributed by atoms with Gasteiger partial charge in [-0.2, -0.15) is 0 Å². The van der Waals surface area contributed by atoms with E-state index in [1.165, 1.54) is 5.56 Å². The molecule has 108 valence electrons. The topological polar surface area (TPSA) is 34.4 Å². The fraction of sp³-hybridized carbons (Fsp3) is 0.412. The molecule has 0 spiro atoms. The standard InChI is InChI=1S/C17H23NO2/c1-4-17(14-7-9-15(19-3)10-8-14)18-13(2)12-16-6-5-11-20-16/h5-11,13,17-18H,4,12H2,1-3H3. The second kappa shape index (κ2) is 7.15. The van der Waals surface area contributed by atoms with Crippen LogP contribution in [-0.2, 0) is 6.42 Å². The van der Waals surface area contributed by atoms with Crippen LogP contribution >= 0.6 is 0 Å². The first-order chi connectivity index (χ1) is 9.72. The number of hydrogen-bond acceptors (Lipinski definition) is 3. The van der Waals surface area contributed by atoms with E-state index >= 15 is 0 Å². The lowest BCUT2D eigenvalue weighted by atomic mass is 10.0. The Morgan fingerprint density at radius 1 is 1.20 bits per heavy atom. The molecular formula is C17H23NO2. The van der Waals surface area contributed by atoms with Gasteiger partial charge in [0.15, 0.2) is 0 Å². The molecule has 0 saturated heterocycles. The van der Waals surface area contributed by atoms with E-state index in [0.717, 1.165) is 24.4 Å². The summed E-state index contributed by atoms with van der Waals surface area (Å²) in [5, 5.41) is 3.66. The quantitative estimate of drug-likeness (QED) is 0.829. The molecule has 2 unspecified atom stereocenters. The largest absolute Gasteiger partial charge is 0.497 e. The van der Waals surface area contributed by atoms with Gasteiger partial charge in [-0.3, -0.25) is 0 Å². The third-order valence-corrected chi connectivity index (χ3v) is 3.50. The Hall–Kier alpha value is -1.74. The van der Waals surface area contributed by atoms with Crippen molar-refractivity contribution in [3.63, 3.8) is 0 Å². The number of ether oxygens (including phenoxy) is 1. The van der Waals surface area contributed by atoms with Crippen molar-refractivity contribution in [2.45, 2.75) is 38.8 Å². The van der Waals surface area contributed by atoms with Crippen molar-refractivity contribution in [3.05, 3.63) is 54.0 Å². The van der Waals surface area contributed by atoms with Crippen LogP contribution < -0.4 is 10.1 Å². The van der Waals surface area contributed by atoms with Crippen LogP contribution in [0.15, 0.2) is 47.1 Å². The van der Waals surface area contributed by atoms with Crippen molar-refractivity contribution >= 4 is 0 Å². The van der Waals surface area contributed by atoms with E-state index < -0.39 is 0 Å². The first-order valence-corrected chi connectivity index (χ1v) is 7.15. The molecule has 2 atom stereocenters. The fourth-order valence-electron chi connectivity index (χ4n) is 2.42. The van der Waals surface area contributed by atoms with Crippen LogP contribution in [0.2, 0.25) is 0 Å². The Balaban J connectivity index is 1.96. The minimum atomic E-state index is 0.353. The summed E-state index contributed by atoms with van der Waals surface area (Å²) in [6, 6.07) is 12.9. The van der Waals surface area contributed by atoms with Crippen molar-refractivity contribution < 1.29 is 9.15 Å². The van der Waals surface area contributed by atoms with E-state index in [0.29, 0.717) is 12.1 Å². The molecule has 3 nitrogen and oxygen atoms in total. The summed E-state index contributed by atoms with van der Waals surface area (Å²) in [4.78, 5) is 0. The van der Waals surface area contributed by atoms with Gasteiger partial charge >= 0.3 is 0 Å². The Kier molecular flexibility index (Phi) is 5.24. The summed E-state index contributed by atoms with van der Waals surface area (Å²) in [6.07, 6.45) is 3.68. The summed E-state index contributed by atoms with van der Waals surface area (Å²) in [6.45, 7) is 4.39. The highest BCUT2D eigenvalue weighted by atomic mass is 16.5. The van der Waals surface area contributed by atoms with Crippen molar-refractivity contribution in [1.82, 2.24) is 5.32 Å². The van der Waals surface area contributed by atoms with Gasteiger partial charge in [-0.25, -0.2) is 0 Å². The summed E-state index contributed by atoms with van der Waals surface area (Å²) in [5.74, 6) is 1.92. The fourth-order valence-corrected chi connectivity index (χ4v) is 2.42. The van der Waals surface area contributed by atoms with Crippen molar-refractivity contribution in [1.29, 1.82) is 0 Å². The number of furan rings is 1. The zero-order valence-electron chi connectivity index (χ0n) is 12.4. The van der Waals surface area contributed by atoms with Gasteiger partial charge < -0.3 is 14.5 Å². The Labute approximate surface area is 121 Å². The first-order valence-electron chi connectivity index (χ1n) is 7.15. The average molecular weight is 273 g/mol. The van der Waals surface area contributed by atoms with E-state index in [2.05, 4.69) is 31.3 Å². The maximum atomic E-state index is 5.40. The third-order valence-electron chi connectivity index (χ3n) is 3.50. The second-order valence-corrected chi connectivity index (χ2v) is 5.09. The maximum Gasteiger partial charge on any atom is 0.118 e. The SMILES string of the molecule is CCC(NC(C)Cc1ccco1)c1ccc(OC)cc1. The van der Waals surface area contributed by atoms with Crippen LogP contribution in [0, 0.1) is 0 Å². The van der Waals surface area contributed by atoms with E-state index in [4.69, 9.17) is 9.15 Å². The molecule has 0 aliphatic heterocycles. The molecule has 1 heterocycles. The lowest BCUT2D eigenvalue weighted by molar-refractivity contribution is 0.406. The van der Waals surface area contributed by atoms with Crippen molar-refractivity contribution in [3.8, 4) is 5.75 Å². The number of benzene rings is 1. The highest BCUT2D eigenvalue weighted by Gasteiger charge is 2.13. The Morgan fingerprint density at radius 2 is 1.95 bits per heavy atom. The molecule has 2 aromatic rings. The second-order valence-electron chi connectivity index (χ2n) is 5.09. The van der Waals surface area contributed by atoms with Crippen LogP contribution in [0.25, 0.3) is 0 Å². The van der Waals surface area contributed by atoms with Gasteiger partial charge in [0.05, 0.1) is 13.4 Å². The van der Waals surface area contributed by atoms with Crippen molar-refractivity contribution in [2.24, 2.45) is 0 Å². The van der Waals surface area contributed by atoms with E-state index in [-0.39, 0.29) is 0 Å². The number of methoxy groups -OCH3 is 1. The molecule has 0 aliphatic rings. The first kappa shape index (κ1) is 14.7. The van der Waals surface area contributed by atoms with Crippen LogP contribution in [0.5, 0.6) is 5.75 Å². The third kappa shape index (κ3) is 3.87. The highest BCUT2D eigenvalue weighted by molar-refractivity contribution is 5.29. The zero-order chi connectivity index (χ0) is 14.4. The lowest BCUT2D eigenvalue weighted by Gasteiger charge is -2.22. The molecule has 0 amide bonds. The molecule has 1 aromatic heterocycles. The molecule has 20 heavy (non-hydrogen) atoms. The molecule has 0 fully saturated rings. The van der Waals surface area contributed by atoms with Crippen LogP contribution in [0.4, 0.5) is 0 Å². The van der Waals surface area contributed by atoms with E-state index in [1.807, 2.05) is 24.3 Å². The predicted molar refractivity (Wildman–Crippen MR) is 81.0 cm³/mol. The monoisotopic (exact) mass is 273 g/mol. The summed E-state index contributed by atoms with van der Waals surface area (Å²) < 4.78 is 10.6. The summed E-state index contributed by atoms with van der Waals surface area (Å²) in [7, 11) is 1.69. The Bertz CT molecular complexity index is 490. The summed E-state index contributed by atoms with van der Waals surface area (Å²) in [5.41, 5.74) is 1.29. The van der Waals surface area contributed by atoms with E-state index in [1.54, 1.807) is 13.4 Å². The van der Waals surface area contributed by atoms with Crippen molar-refractivity contribution in [2.75, 3.05) is 7.11 Å². The average Bonchev–Trinajstić information content (AvgIpc) is 2.97. The van der Waals surface area contributed by atoms with Gasteiger partial charge in [0, 0.05) is 18.5 Å². The van der Waals surface area contributed by atoms with Gasteiger partial charge in [-0.1, -0.05) is 19.1 Å². The van der Waals surface area contributed by atoms with Gasteiger partial charge in [0.25, 0.3) is 0 Å². The minimum Gasteiger partial charge on any atom is -0.497 e. The van der Waals surface area contributed by atoms with Gasteiger partial charge in [-0.15, -0.1) is 0 Å². The molecule has 0 radical (unpaired) electrons. The zero-order valence-corrected chi connectivity index (χ0v) is 12.4. The van der Waals surface area contributed by atoms with E-state index in [9.17, 15) is 0 Å². The molecule has 2 rings (SSSR count). The molecule has 3 heteroatoms. The predicted octanol–water partition coefficient (Wildman–Crippen LogP) is 3.96. The highest BCUT2D eigenvalue weighted by Crippen LogP contribution is 2.21. The molecule has 0 bridgehead atoms. The van der Waals surface area contributed by atoms with Gasteiger partial charge in [0.1, 0.15) is 11.5 Å². The van der Waals surface area contributed by atoms with Crippen LogP contribution in [0.1, 0.15) is 37.6 Å². The lowest BCUT2D eigenvalue weighted by Crippen LogP contribution is -2.31. The number of nitrogens with one attached hydrogen (secondary N) is 1. The van der Waals surface area contributed by atoms with Gasteiger partial charge in [0.2, 0.25) is 0 Å². The van der Waals surface area contributed by atoms with Crippen LogP contribution in [0.3, 0.4) is 0 Å². The molecule has 1 aromatic carbocycles.